The molecule has 1 unspecified atom stereocenters. The van der Waals surface area contributed by atoms with Crippen LogP contribution in [0.2, 0.25) is 0 Å². The average molecular weight is 611 g/mol. The Bertz CT molecular complexity index is 1620. The zero-order chi connectivity index (χ0) is 30.5. The predicted octanol–water partition coefficient (Wildman–Crippen LogP) is 7.25. The number of amides is 1. The topological polar surface area (TPSA) is 69.3 Å². The van der Waals surface area contributed by atoms with Crippen LogP contribution in [0.3, 0.4) is 0 Å². The number of unbranched alkanes of at least 4 members (excludes halogenated alkanes) is 1. The van der Waals surface area contributed by atoms with E-state index in [0.29, 0.717) is 27.3 Å². The van der Waals surface area contributed by atoms with Crippen LogP contribution < -0.4 is 10.5 Å². The number of piperidine rings is 1. The van der Waals surface area contributed by atoms with Gasteiger partial charge in [-0.2, -0.15) is 5.26 Å². The van der Waals surface area contributed by atoms with Crippen molar-refractivity contribution in [2.45, 2.75) is 65.5 Å². The lowest BCUT2D eigenvalue weighted by atomic mass is 9.90. The number of hydrogen-bond donors (Lipinski definition) is 0. The molecule has 0 bridgehead atoms. The number of aromatic nitrogens is 1. The van der Waals surface area contributed by atoms with Crippen LogP contribution in [0, 0.1) is 24.2 Å². The van der Waals surface area contributed by atoms with E-state index in [4.69, 9.17) is 12.2 Å². The summed E-state index contributed by atoms with van der Waals surface area (Å²) in [7, 11) is 0. The molecule has 1 amide bonds. The highest BCUT2D eigenvalue weighted by atomic mass is 32.2. The first-order valence-corrected chi connectivity index (χ1v) is 16.3. The van der Waals surface area contributed by atoms with Gasteiger partial charge in [-0.3, -0.25) is 19.1 Å². The van der Waals surface area contributed by atoms with Crippen LogP contribution in [0.25, 0.3) is 6.08 Å². The standard InChI is InChI=1S/C35H38N4O2S2/c1-4-5-18-38-32(37-19-16-27(17-20-37)21-26-12-8-6-9-13-26)29(24(2)30(23-36)33(38)40)22-31-34(41)39(35(42)43-31)25(3)28-14-10-7-11-15-28/h6-15,22,25,27H,4-5,16-21H2,1-3H3/b31-22+. The highest BCUT2D eigenvalue weighted by molar-refractivity contribution is 8.26. The van der Waals surface area contributed by atoms with Crippen molar-refractivity contribution in [3.8, 4) is 6.07 Å². The number of hydrogen-bond acceptors (Lipinski definition) is 6. The number of thioether (sulfide) groups is 1. The summed E-state index contributed by atoms with van der Waals surface area (Å²) in [6.07, 6.45) is 6.67. The smallest absolute Gasteiger partial charge is 0.270 e. The summed E-state index contributed by atoms with van der Waals surface area (Å²) in [5.74, 6) is 1.23. The first-order chi connectivity index (χ1) is 20.8. The fraction of sp³-hybridized carbons (Fsp3) is 0.371. The average Bonchev–Trinajstić information content (AvgIpc) is 3.31. The molecule has 43 heavy (non-hydrogen) atoms. The molecular formula is C35H38N4O2S2. The second-order valence-electron chi connectivity index (χ2n) is 11.4. The quantitative estimate of drug-likeness (QED) is 0.188. The Morgan fingerprint density at radius 3 is 2.35 bits per heavy atom. The van der Waals surface area contributed by atoms with E-state index in [-0.39, 0.29) is 23.1 Å². The SMILES string of the molecule is CCCCn1c(N2CCC(Cc3ccccc3)CC2)c(/C=C2/SC(=S)N(C(C)c3ccccc3)C2=O)c(C)c(C#N)c1=O. The maximum Gasteiger partial charge on any atom is 0.270 e. The Hall–Kier alpha value is -3.67. The third kappa shape index (κ3) is 6.48. The number of nitrogens with zero attached hydrogens (tertiary/aromatic N) is 4. The van der Waals surface area contributed by atoms with Crippen LogP contribution in [0.4, 0.5) is 5.82 Å². The van der Waals surface area contributed by atoms with Gasteiger partial charge in [-0.25, -0.2) is 0 Å². The molecule has 5 rings (SSSR count). The Balaban J connectivity index is 1.53. The van der Waals surface area contributed by atoms with Crippen LogP contribution in [0.5, 0.6) is 0 Å². The van der Waals surface area contributed by atoms with Crippen LogP contribution >= 0.6 is 24.0 Å². The van der Waals surface area contributed by atoms with Gasteiger partial charge in [0, 0.05) is 25.2 Å². The Morgan fingerprint density at radius 2 is 1.72 bits per heavy atom. The molecule has 0 N–H and O–H groups in total. The molecule has 6 nitrogen and oxygen atoms in total. The maximum atomic E-state index is 13.8. The molecule has 2 aliphatic heterocycles. The second-order valence-corrected chi connectivity index (χ2v) is 13.1. The van der Waals surface area contributed by atoms with Gasteiger partial charge in [-0.05, 0) is 68.2 Å². The zero-order valence-corrected chi connectivity index (χ0v) is 26.7. The van der Waals surface area contributed by atoms with Gasteiger partial charge < -0.3 is 4.90 Å². The van der Waals surface area contributed by atoms with Crippen LogP contribution in [0.15, 0.2) is 70.4 Å². The molecule has 0 aliphatic carbocycles. The van der Waals surface area contributed by atoms with Crippen LogP contribution in [-0.2, 0) is 17.8 Å². The van der Waals surface area contributed by atoms with E-state index in [9.17, 15) is 14.9 Å². The molecule has 222 valence electrons. The van der Waals surface area contributed by atoms with E-state index in [1.54, 1.807) is 9.47 Å². The number of thiocarbonyl (C=S) groups is 1. The molecule has 0 radical (unpaired) electrons. The lowest BCUT2D eigenvalue weighted by Gasteiger charge is -2.36. The minimum atomic E-state index is -0.253. The Kier molecular flexibility index (Phi) is 9.84. The monoisotopic (exact) mass is 610 g/mol. The van der Waals surface area contributed by atoms with E-state index in [1.165, 1.54) is 17.3 Å². The minimum absolute atomic E-state index is 0.137. The summed E-state index contributed by atoms with van der Waals surface area (Å²) < 4.78 is 2.29. The molecule has 1 atom stereocenters. The first kappa shape index (κ1) is 30.8. The third-order valence-corrected chi connectivity index (χ3v) is 9.96. The number of carbonyl (C=O) groups excluding carboxylic acids is 1. The first-order valence-electron chi connectivity index (χ1n) is 15.1. The van der Waals surface area contributed by atoms with Crippen molar-refractivity contribution in [1.29, 1.82) is 5.26 Å². The van der Waals surface area contributed by atoms with Crippen molar-refractivity contribution in [3.05, 3.63) is 104 Å². The number of benzene rings is 2. The number of carbonyl (C=O) groups is 1. The van der Waals surface area contributed by atoms with E-state index in [0.717, 1.165) is 62.1 Å². The molecule has 2 fully saturated rings. The predicted molar refractivity (Wildman–Crippen MR) is 180 cm³/mol. The van der Waals surface area contributed by atoms with E-state index in [1.807, 2.05) is 56.3 Å². The second kappa shape index (κ2) is 13.7. The van der Waals surface area contributed by atoms with Crippen molar-refractivity contribution in [2.75, 3.05) is 18.0 Å². The molecule has 1 aromatic heterocycles. The van der Waals surface area contributed by atoms with Crippen molar-refractivity contribution in [3.63, 3.8) is 0 Å². The number of nitriles is 1. The van der Waals surface area contributed by atoms with Gasteiger partial charge in [0.2, 0.25) is 0 Å². The van der Waals surface area contributed by atoms with Crippen molar-refractivity contribution < 1.29 is 4.79 Å². The maximum absolute atomic E-state index is 13.8. The summed E-state index contributed by atoms with van der Waals surface area (Å²) in [6, 6.07) is 22.4. The summed E-state index contributed by atoms with van der Waals surface area (Å²) in [5.41, 5.74) is 3.62. The number of anilines is 1. The van der Waals surface area contributed by atoms with Crippen molar-refractivity contribution >= 4 is 46.1 Å². The molecule has 0 saturated carbocycles. The van der Waals surface area contributed by atoms with Gasteiger partial charge in [-0.15, -0.1) is 0 Å². The van der Waals surface area contributed by atoms with Gasteiger partial charge in [0.25, 0.3) is 11.5 Å². The normalized spacial score (nSPS) is 17.5. The van der Waals surface area contributed by atoms with Crippen molar-refractivity contribution in [1.82, 2.24) is 9.47 Å². The lowest BCUT2D eigenvalue weighted by molar-refractivity contribution is -0.123. The zero-order valence-electron chi connectivity index (χ0n) is 25.1. The minimum Gasteiger partial charge on any atom is -0.357 e. The fourth-order valence-electron chi connectivity index (χ4n) is 6.13. The molecule has 8 heteroatoms. The molecule has 3 aromatic rings. The third-order valence-electron chi connectivity index (χ3n) is 8.63. The molecule has 3 heterocycles. The fourth-order valence-corrected chi connectivity index (χ4v) is 7.53. The molecule has 2 saturated heterocycles. The van der Waals surface area contributed by atoms with E-state index >= 15 is 0 Å². The van der Waals surface area contributed by atoms with Crippen LogP contribution in [0.1, 0.15) is 73.4 Å². The highest BCUT2D eigenvalue weighted by Crippen LogP contribution is 2.40. The van der Waals surface area contributed by atoms with Gasteiger partial charge in [0.15, 0.2) is 0 Å². The Morgan fingerprint density at radius 1 is 1.07 bits per heavy atom. The largest absolute Gasteiger partial charge is 0.357 e. The van der Waals surface area contributed by atoms with E-state index in [2.05, 4.69) is 42.2 Å². The van der Waals surface area contributed by atoms with Gasteiger partial charge in [-0.1, -0.05) is 98.0 Å². The molecule has 2 aromatic carbocycles. The summed E-state index contributed by atoms with van der Waals surface area (Å²) in [6.45, 7) is 8.05. The Labute approximate surface area is 264 Å². The van der Waals surface area contributed by atoms with Crippen molar-refractivity contribution in [2.24, 2.45) is 5.92 Å². The van der Waals surface area contributed by atoms with E-state index < -0.39 is 0 Å². The summed E-state index contributed by atoms with van der Waals surface area (Å²) in [5, 5.41) is 10.0. The summed E-state index contributed by atoms with van der Waals surface area (Å²) >= 11 is 6.99. The number of pyridine rings is 1. The lowest BCUT2D eigenvalue weighted by Crippen LogP contribution is -2.40. The van der Waals surface area contributed by atoms with Gasteiger partial charge in [0.1, 0.15) is 21.8 Å². The molecule has 2 aliphatic rings. The molecule has 0 spiro atoms. The van der Waals surface area contributed by atoms with Gasteiger partial charge >= 0.3 is 0 Å². The van der Waals surface area contributed by atoms with Gasteiger partial charge in [0.05, 0.1) is 10.9 Å². The van der Waals surface area contributed by atoms with Crippen LogP contribution in [-0.4, -0.2) is 32.8 Å². The highest BCUT2D eigenvalue weighted by Gasteiger charge is 2.37. The summed E-state index contributed by atoms with van der Waals surface area (Å²) in [4.78, 5) is 32.0. The molecular weight excluding hydrogens is 573 g/mol. The number of rotatable bonds is 9.